The SMILES string of the molecule is CCC(O)c1c(Br)cccc1Br. The normalized spacial score (nSPS) is 13.0. The molecule has 0 aliphatic rings. The highest BCUT2D eigenvalue weighted by molar-refractivity contribution is 9.11. The van der Waals surface area contributed by atoms with Crippen LogP contribution in [0.1, 0.15) is 25.0 Å². The van der Waals surface area contributed by atoms with Gasteiger partial charge in [-0.25, -0.2) is 0 Å². The summed E-state index contributed by atoms with van der Waals surface area (Å²) in [4.78, 5) is 0. The zero-order valence-corrected chi connectivity index (χ0v) is 9.89. The maximum atomic E-state index is 9.63. The van der Waals surface area contributed by atoms with E-state index in [0.717, 1.165) is 20.9 Å². The monoisotopic (exact) mass is 292 g/mol. The largest absolute Gasteiger partial charge is 0.388 e. The van der Waals surface area contributed by atoms with Crippen LogP contribution in [-0.2, 0) is 0 Å². The molecule has 0 aliphatic heterocycles. The van der Waals surface area contributed by atoms with Gasteiger partial charge in [0.15, 0.2) is 0 Å². The fourth-order valence-corrected chi connectivity index (χ4v) is 2.56. The van der Waals surface area contributed by atoms with Crippen molar-refractivity contribution in [3.05, 3.63) is 32.7 Å². The van der Waals surface area contributed by atoms with Crippen molar-refractivity contribution in [3.63, 3.8) is 0 Å². The quantitative estimate of drug-likeness (QED) is 0.882. The number of benzene rings is 1. The summed E-state index contributed by atoms with van der Waals surface area (Å²) >= 11 is 6.80. The Morgan fingerprint density at radius 2 is 1.83 bits per heavy atom. The van der Waals surface area contributed by atoms with Gasteiger partial charge in [0.05, 0.1) is 6.10 Å². The Balaban J connectivity index is 3.12. The van der Waals surface area contributed by atoms with E-state index in [1.165, 1.54) is 0 Å². The molecule has 0 fully saturated rings. The number of halogens is 2. The lowest BCUT2D eigenvalue weighted by molar-refractivity contribution is 0.172. The molecule has 0 aromatic heterocycles. The van der Waals surface area contributed by atoms with E-state index < -0.39 is 6.10 Å². The summed E-state index contributed by atoms with van der Waals surface area (Å²) in [5.74, 6) is 0. The zero-order chi connectivity index (χ0) is 9.14. The van der Waals surface area contributed by atoms with Crippen molar-refractivity contribution in [1.29, 1.82) is 0 Å². The highest BCUT2D eigenvalue weighted by Crippen LogP contribution is 2.31. The van der Waals surface area contributed by atoms with Gasteiger partial charge in [0.25, 0.3) is 0 Å². The van der Waals surface area contributed by atoms with E-state index in [2.05, 4.69) is 31.9 Å². The summed E-state index contributed by atoms with van der Waals surface area (Å²) in [6.45, 7) is 1.95. The lowest BCUT2D eigenvalue weighted by atomic mass is 10.1. The maximum Gasteiger partial charge on any atom is 0.0809 e. The second-order valence-electron chi connectivity index (χ2n) is 2.56. The molecule has 66 valence electrons. The van der Waals surface area contributed by atoms with Gasteiger partial charge in [0, 0.05) is 14.5 Å². The molecule has 0 aliphatic carbocycles. The molecule has 0 spiro atoms. The minimum absolute atomic E-state index is 0.394. The molecule has 3 heteroatoms. The van der Waals surface area contributed by atoms with Gasteiger partial charge >= 0.3 is 0 Å². The Bertz CT molecular complexity index is 253. The minimum Gasteiger partial charge on any atom is -0.388 e. The summed E-state index contributed by atoms with van der Waals surface area (Å²) in [6.07, 6.45) is 0.330. The molecule has 1 aromatic rings. The van der Waals surface area contributed by atoms with E-state index in [1.807, 2.05) is 25.1 Å². The van der Waals surface area contributed by atoms with E-state index in [9.17, 15) is 5.11 Å². The van der Waals surface area contributed by atoms with Crippen LogP contribution < -0.4 is 0 Å². The maximum absolute atomic E-state index is 9.63. The van der Waals surface area contributed by atoms with Gasteiger partial charge < -0.3 is 5.11 Å². The van der Waals surface area contributed by atoms with Crippen LogP contribution in [0.4, 0.5) is 0 Å². The van der Waals surface area contributed by atoms with Crippen molar-refractivity contribution in [3.8, 4) is 0 Å². The third kappa shape index (κ3) is 2.09. The van der Waals surface area contributed by atoms with Crippen molar-refractivity contribution in [1.82, 2.24) is 0 Å². The third-order valence-corrected chi connectivity index (χ3v) is 3.10. The molecule has 12 heavy (non-hydrogen) atoms. The van der Waals surface area contributed by atoms with Crippen LogP contribution in [-0.4, -0.2) is 5.11 Å². The second-order valence-corrected chi connectivity index (χ2v) is 4.27. The topological polar surface area (TPSA) is 20.2 Å². The Kier molecular flexibility index (Phi) is 3.75. The molecule has 0 saturated carbocycles. The van der Waals surface area contributed by atoms with Crippen molar-refractivity contribution in [2.24, 2.45) is 0 Å². The van der Waals surface area contributed by atoms with Gasteiger partial charge in [-0.1, -0.05) is 44.8 Å². The molecule has 1 N–H and O–H groups in total. The van der Waals surface area contributed by atoms with Crippen LogP contribution in [0.3, 0.4) is 0 Å². The Hall–Kier alpha value is 0.140. The summed E-state index contributed by atoms with van der Waals surface area (Å²) in [5.41, 5.74) is 0.931. The Morgan fingerprint density at radius 1 is 1.33 bits per heavy atom. The Labute approximate surface area is 89.1 Å². The molecule has 0 bridgehead atoms. The molecule has 1 aromatic carbocycles. The second kappa shape index (κ2) is 4.40. The van der Waals surface area contributed by atoms with Crippen LogP contribution in [0.25, 0.3) is 0 Å². The molecule has 0 heterocycles. The van der Waals surface area contributed by atoms with Crippen molar-refractivity contribution < 1.29 is 5.11 Å². The minimum atomic E-state index is -0.394. The number of hydrogen-bond donors (Lipinski definition) is 1. The van der Waals surface area contributed by atoms with Crippen LogP contribution >= 0.6 is 31.9 Å². The molecule has 1 unspecified atom stereocenters. The molecular weight excluding hydrogens is 284 g/mol. The summed E-state index contributed by atoms with van der Waals surface area (Å²) < 4.78 is 1.90. The molecule has 0 saturated heterocycles. The lowest BCUT2D eigenvalue weighted by Crippen LogP contribution is -1.97. The average molecular weight is 294 g/mol. The molecule has 0 radical (unpaired) electrons. The first-order valence-electron chi connectivity index (χ1n) is 3.78. The van der Waals surface area contributed by atoms with E-state index >= 15 is 0 Å². The highest BCUT2D eigenvalue weighted by Gasteiger charge is 2.11. The van der Waals surface area contributed by atoms with Crippen LogP contribution in [0.5, 0.6) is 0 Å². The first-order valence-corrected chi connectivity index (χ1v) is 5.37. The lowest BCUT2D eigenvalue weighted by Gasteiger charge is -2.12. The van der Waals surface area contributed by atoms with Crippen LogP contribution in [0.15, 0.2) is 27.1 Å². The van der Waals surface area contributed by atoms with E-state index in [4.69, 9.17) is 0 Å². The van der Waals surface area contributed by atoms with E-state index in [1.54, 1.807) is 0 Å². The van der Waals surface area contributed by atoms with Gasteiger partial charge in [0.2, 0.25) is 0 Å². The zero-order valence-electron chi connectivity index (χ0n) is 6.72. The molecule has 0 amide bonds. The highest BCUT2D eigenvalue weighted by atomic mass is 79.9. The molecular formula is C9H10Br2O. The molecule has 1 rings (SSSR count). The van der Waals surface area contributed by atoms with Gasteiger partial charge in [-0.2, -0.15) is 0 Å². The fourth-order valence-electron chi connectivity index (χ4n) is 1.03. The van der Waals surface area contributed by atoms with Crippen molar-refractivity contribution in [2.45, 2.75) is 19.4 Å². The van der Waals surface area contributed by atoms with Gasteiger partial charge in [-0.3, -0.25) is 0 Å². The first kappa shape index (κ1) is 10.2. The number of aliphatic hydroxyl groups excluding tert-OH is 1. The van der Waals surface area contributed by atoms with Gasteiger partial charge in [-0.05, 0) is 18.6 Å². The smallest absolute Gasteiger partial charge is 0.0809 e. The van der Waals surface area contributed by atoms with Crippen LogP contribution in [0.2, 0.25) is 0 Å². The van der Waals surface area contributed by atoms with E-state index in [0.29, 0.717) is 0 Å². The van der Waals surface area contributed by atoms with E-state index in [-0.39, 0.29) is 0 Å². The molecule has 1 atom stereocenters. The number of rotatable bonds is 2. The predicted octanol–water partition coefficient (Wildman–Crippen LogP) is 3.66. The number of aliphatic hydroxyl groups is 1. The van der Waals surface area contributed by atoms with Crippen molar-refractivity contribution >= 4 is 31.9 Å². The Morgan fingerprint density at radius 3 is 2.25 bits per heavy atom. The van der Waals surface area contributed by atoms with Gasteiger partial charge in [0.1, 0.15) is 0 Å². The van der Waals surface area contributed by atoms with Gasteiger partial charge in [-0.15, -0.1) is 0 Å². The summed E-state index contributed by atoms with van der Waals surface area (Å²) in [6, 6.07) is 5.79. The predicted molar refractivity (Wildman–Crippen MR) is 57.1 cm³/mol. The summed E-state index contributed by atoms with van der Waals surface area (Å²) in [7, 11) is 0. The first-order chi connectivity index (χ1) is 5.66. The summed E-state index contributed by atoms with van der Waals surface area (Å²) in [5, 5.41) is 9.63. The average Bonchev–Trinajstić information content (AvgIpc) is 2.03. The third-order valence-electron chi connectivity index (χ3n) is 1.72. The fraction of sp³-hybridized carbons (Fsp3) is 0.333. The number of hydrogen-bond acceptors (Lipinski definition) is 1. The van der Waals surface area contributed by atoms with Crippen LogP contribution in [0, 0.1) is 0 Å². The standard InChI is InChI=1S/C9H10Br2O/c1-2-8(12)9-6(10)4-3-5-7(9)11/h3-5,8,12H,2H2,1H3. The molecule has 1 nitrogen and oxygen atoms in total. The van der Waals surface area contributed by atoms with Crippen molar-refractivity contribution in [2.75, 3.05) is 0 Å².